The Kier molecular flexibility index (Phi) is 14.0. The molecule has 8 heteroatoms. The van der Waals surface area contributed by atoms with Crippen molar-refractivity contribution in [1.29, 1.82) is 0 Å². The van der Waals surface area contributed by atoms with Crippen molar-refractivity contribution in [2.24, 2.45) is 34.5 Å². The normalized spacial score (nSPS) is 27.8. The average Bonchev–Trinajstić information content (AvgIpc) is 3.01. The molecule has 0 saturated carbocycles. The van der Waals surface area contributed by atoms with E-state index in [0.29, 0.717) is 28.9 Å². The van der Waals surface area contributed by atoms with E-state index in [2.05, 4.69) is 62.3 Å². The molecule has 8 nitrogen and oxygen atoms in total. The van der Waals surface area contributed by atoms with E-state index >= 15 is 0 Å². The first-order valence-electron chi connectivity index (χ1n) is 17.7. The lowest BCUT2D eigenvalue weighted by atomic mass is 9.67. The molecule has 2 heterocycles. The zero-order chi connectivity index (χ0) is 34.4. The molecule has 10 unspecified atom stereocenters. The number of esters is 1. The van der Waals surface area contributed by atoms with Crippen LogP contribution >= 0.6 is 0 Å². The van der Waals surface area contributed by atoms with Crippen LogP contribution < -0.4 is 0 Å². The molecule has 3 rings (SSSR count). The maximum absolute atomic E-state index is 12.1. The van der Waals surface area contributed by atoms with Crippen molar-refractivity contribution in [3.8, 4) is 5.75 Å². The molecule has 0 radical (unpaired) electrons. The zero-order valence-electron chi connectivity index (χ0n) is 30.5. The van der Waals surface area contributed by atoms with Crippen LogP contribution in [0.3, 0.4) is 0 Å². The number of phenols is 1. The predicted molar refractivity (Wildman–Crippen MR) is 180 cm³/mol. The van der Waals surface area contributed by atoms with Crippen molar-refractivity contribution in [3.05, 3.63) is 29.3 Å². The van der Waals surface area contributed by atoms with Crippen molar-refractivity contribution in [2.45, 2.75) is 151 Å². The van der Waals surface area contributed by atoms with Gasteiger partial charge in [-0.05, 0) is 85.3 Å². The smallest absolute Gasteiger partial charge is 0.337 e. The Labute approximate surface area is 278 Å². The lowest BCUT2D eigenvalue weighted by Gasteiger charge is -2.45. The maximum atomic E-state index is 12.1. The van der Waals surface area contributed by atoms with Crippen LogP contribution in [0.2, 0.25) is 0 Å². The summed E-state index contributed by atoms with van der Waals surface area (Å²) in [6.07, 6.45) is 5.05. The average molecular weight is 649 g/mol. The molecule has 46 heavy (non-hydrogen) atoms. The molecule has 0 bridgehead atoms. The summed E-state index contributed by atoms with van der Waals surface area (Å²) in [5.41, 5.74) is 0.505. The summed E-state index contributed by atoms with van der Waals surface area (Å²) in [6, 6.07) is 4.64. The van der Waals surface area contributed by atoms with Gasteiger partial charge in [0.25, 0.3) is 0 Å². The Hall–Kier alpha value is -1.71. The van der Waals surface area contributed by atoms with E-state index in [0.717, 1.165) is 51.6 Å². The van der Waals surface area contributed by atoms with Gasteiger partial charge in [-0.3, -0.25) is 0 Å². The van der Waals surface area contributed by atoms with Crippen LogP contribution in [-0.4, -0.2) is 60.6 Å². The number of hydrogen-bond acceptors (Lipinski definition) is 8. The van der Waals surface area contributed by atoms with Crippen LogP contribution in [0.15, 0.2) is 18.2 Å². The molecule has 0 aromatic heterocycles. The number of phenolic OH excluding ortho intramolecular Hbond substituents is 1. The van der Waals surface area contributed by atoms with Crippen molar-refractivity contribution >= 4 is 5.97 Å². The molecule has 2 fully saturated rings. The Balaban J connectivity index is 1.56. The molecule has 264 valence electrons. The first-order valence-corrected chi connectivity index (χ1v) is 17.7. The Morgan fingerprint density at radius 2 is 1.70 bits per heavy atom. The summed E-state index contributed by atoms with van der Waals surface area (Å²) < 4.78 is 29.3. The summed E-state index contributed by atoms with van der Waals surface area (Å²) in [7, 11) is 1.34. The number of aliphatic hydroxyl groups is 1. The van der Waals surface area contributed by atoms with Crippen LogP contribution in [0.25, 0.3) is 0 Å². The molecule has 10 atom stereocenters. The lowest BCUT2D eigenvalue weighted by Crippen LogP contribution is -2.45. The van der Waals surface area contributed by atoms with Gasteiger partial charge >= 0.3 is 5.97 Å². The highest BCUT2D eigenvalue weighted by molar-refractivity contribution is 5.89. The quantitative estimate of drug-likeness (QED) is 0.183. The van der Waals surface area contributed by atoms with E-state index in [1.54, 1.807) is 12.1 Å². The minimum Gasteiger partial charge on any atom is -0.507 e. The van der Waals surface area contributed by atoms with E-state index in [1.165, 1.54) is 13.2 Å². The molecule has 0 spiro atoms. The fraction of sp³-hybridized carbons (Fsp3) is 0.816. The second kappa shape index (κ2) is 16.6. The second-order valence-corrected chi connectivity index (χ2v) is 15.8. The lowest BCUT2D eigenvalue weighted by molar-refractivity contribution is -0.261. The molecule has 2 saturated heterocycles. The summed E-state index contributed by atoms with van der Waals surface area (Å²) in [6.45, 7) is 22.8. The summed E-state index contributed by atoms with van der Waals surface area (Å²) in [4.78, 5) is 12.1. The highest BCUT2D eigenvalue weighted by atomic mass is 16.7. The van der Waals surface area contributed by atoms with Gasteiger partial charge in [0.05, 0.1) is 49.3 Å². The predicted octanol–water partition coefficient (Wildman–Crippen LogP) is 8.43. The molecule has 1 aromatic carbocycles. The number of aliphatic hydroxyl groups excluding tert-OH is 1. The summed E-state index contributed by atoms with van der Waals surface area (Å²) in [5, 5.41) is 22.1. The van der Waals surface area contributed by atoms with Gasteiger partial charge in [-0.15, -0.1) is 0 Å². The van der Waals surface area contributed by atoms with Gasteiger partial charge in [0.2, 0.25) is 0 Å². The third kappa shape index (κ3) is 10.1. The zero-order valence-corrected chi connectivity index (χ0v) is 30.5. The second-order valence-electron chi connectivity index (χ2n) is 15.8. The standard InChI is InChI=1S/C38H64O8/c1-12-29-21-32(46-36(45-29)30-20-28(35(41)42-11)15-16-31(30)39)26(5)24(3)14-13-23(2)25(4)19-33(40)37(7,8)22-38(9,10)34-17-18-43-27(6)44-34/h15-16,20,23-27,29,32-34,36,39-40H,12-14,17-19,21-22H2,1-11H3. The fourth-order valence-corrected chi connectivity index (χ4v) is 7.48. The largest absolute Gasteiger partial charge is 0.507 e. The molecule has 2 N–H and O–H groups in total. The van der Waals surface area contributed by atoms with Crippen molar-refractivity contribution in [3.63, 3.8) is 0 Å². The molecule has 1 aromatic rings. The van der Waals surface area contributed by atoms with Crippen LogP contribution in [0, 0.1) is 34.5 Å². The van der Waals surface area contributed by atoms with Gasteiger partial charge in [0.15, 0.2) is 12.6 Å². The Morgan fingerprint density at radius 3 is 2.33 bits per heavy atom. The number of carbonyl (C=O) groups is 1. The Morgan fingerprint density at radius 1 is 1.02 bits per heavy atom. The molecule has 2 aliphatic rings. The Bertz CT molecular complexity index is 1100. The number of carbonyl (C=O) groups excluding carboxylic acids is 1. The van der Waals surface area contributed by atoms with Gasteiger partial charge in [0.1, 0.15) is 5.75 Å². The van der Waals surface area contributed by atoms with Gasteiger partial charge in [-0.25, -0.2) is 4.79 Å². The SMILES string of the molecule is CCC1CC(C(C)C(C)CCC(C)C(C)CC(O)C(C)(C)CC(C)(C)C2CCOC(C)O2)OC(c2cc(C(=O)OC)ccc2O)O1. The molecule has 0 aliphatic carbocycles. The number of benzene rings is 1. The van der Waals surface area contributed by atoms with Crippen LogP contribution in [0.5, 0.6) is 5.75 Å². The third-order valence-electron chi connectivity index (χ3n) is 11.2. The van der Waals surface area contributed by atoms with Crippen LogP contribution in [-0.2, 0) is 23.7 Å². The van der Waals surface area contributed by atoms with E-state index in [-0.39, 0.29) is 47.1 Å². The number of aromatic hydroxyl groups is 1. The van der Waals surface area contributed by atoms with Crippen LogP contribution in [0.1, 0.15) is 136 Å². The monoisotopic (exact) mass is 648 g/mol. The summed E-state index contributed by atoms with van der Waals surface area (Å²) >= 11 is 0. The first-order chi connectivity index (χ1) is 21.5. The number of hydrogen-bond donors (Lipinski definition) is 2. The van der Waals surface area contributed by atoms with E-state index in [4.69, 9.17) is 23.7 Å². The molecular weight excluding hydrogens is 584 g/mol. The van der Waals surface area contributed by atoms with Gasteiger partial charge in [-0.1, -0.05) is 75.2 Å². The minimum atomic E-state index is -0.752. The third-order valence-corrected chi connectivity index (χ3v) is 11.2. The topological polar surface area (TPSA) is 104 Å². The van der Waals surface area contributed by atoms with E-state index in [1.807, 2.05) is 6.92 Å². The number of ether oxygens (including phenoxy) is 5. The molecule has 2 aliphatic heterocycles. The number of methoxy groups -OCH3 is 1. The van der Waals surface area contributed by atoms with Gasteiger partial charge < -0.3 is 33.9 Å². The van der Waals surface area contributed by atoms with Crippen molar-refractivity contribution < 1.29 is 38.7 Å². The van der Waals surface area contributed by atoms with Gasteiger partial charge in [0, 0.05) is 6.42 Å². The fourth-order valence-electron chi connectivity index (χ4n) is 7.48. The number of rotatable bonds is 15. The van der Waals surface area contributed by atoms with Crippen molar-refractivity contribution in [1.82, 2.24) is 0 Å². The highest BCUT2D eigenvalue weighted by Gasteiger charge is 2.42. The van der Waals surface area contributed by atoms with Gasteiger partial charge in [-0.2, -0.15) is 0 Å². The summed E-state index contributed by atoms with van der Waals surface area (Å²) in [5.74, 6) is 1.11. The molecular formula is C38H64O8. The van der Waals surface area contributed by atoms with Crippen molar-refractivity contribution in [2.75, 3.05) is 13.7 Å². The van der Waals surface area contributed by atoms with Crippen LogP contribution in [0.4, 0.5) is 0 Å². The molecule has 0 amide bonds. The first kappa shape index (κ1) is 38.7. The van der Waals surface area contributed by atoms with E-state index < -0.39 is 18.4 Å². The minimum absolute atomic E-state index is 0.00485. The van der Waals surface area contributed by atoms with E-state index in [9.17, 15) is 15.0 Å². The maximum Gasteiger partial charge on any atom is 0.337 e. The highest BCUT2D eigenvalue weighted by Crippen LogP contribution is 2.44.